The molecule has 1 N–H and O–H groups in total. The van der Waals surface area contributed by atoms with Crippen LogP contribution in [-0.4, -0.2) is 11.1 Å². The van der Waals surface area contributed by atoms with Gasteiger partial charge in [0.15, 0.2) is 0 Å². The van der Waals surface area contributed by atoms with Crippen LogP contribution < -0.4 is 0 Å². The fraction of sp³-hybridized carbons (Fsp3) is 0.0833. The molecular weight excluding hydrogens is 244 g/mol. The third-order valence-electron chi connectivity index (χ3n) is 2.22. The average Bonchev–Trinajstić information content (AvgIpc) is 2.64. The molecule has 4 heteroatoms. The predicted molar refractivity (Wildman–Crippen MR) is 66.5 cm³/mol. The molecule has 0 aliphatic carbocycles. The number of benzene rings is 1. The quantitative estimate of drug-likeness (QED) is 0.875. The Morgan fingerprint density at radius 3 is 2.62 bits per heavy atom. The van der Waals surface area contributed by atoms with E-state index >= 15 is 0 Å². The van der Waals surface area contributed by atoms with Crippen LogP contribution in [0.3, 0.4) is 0 Å². The minimum Gasteiger partial charge on any atom is -0.478 e. The van der Waals surface area contributed by atoms with Gasteiger partial charge in [-0.2, -0.15) is 0 Å². The zero-order valence-corrected chi connectivity index (χ0v) is 10.1. The molecular formula is C12H9ClO2S. The Labute approximate surface area is 102 Å². The molecule has 0 atom stereocenters. The van der Waals surface area contributed by atoms with Crippen molar-refractivity contribution in [1.29, 1.82) is 0 Å². The van der Waals surface area contributed by atoms with Crippen LogP contribution in [0.25, 0.3) is 10.4 Å². The van der Waals surface area contributed by atoms with E-state index in [1.54, 1.807) is 23.5 Å². The van der Waals surface area contributed by atoms with Crippen molar-refractivity contribution in [1.82, 2.24) is 0 Å². The molecule has 0 saturated carbocycles. The number of rotatable bonds is 2. The van der Waals surface area contributed by atoms with Crippen molar-refractivity contribution in [2.75, 3.05) is 0 Å². The zero-order chi connectivity index (χ0) is 11.7. The molecule has 2 nitrogen and oxygen atoms in total. The average molecular weight is 253 g/mol. The highest BCUT2D eigenvalue weighted by atomic mass is 35.5. The van der Waals surface area contributed by atoms with E-state index in [9.17, 15) is 4.79 Å². The SMILES string of the molecule is Cc1ccc(-c2cc(Cl)ccc2C(=O)O)s1. The minimum atomic E-state index is -0.933. The van der Waals surface area contributed by atoms with E-state index in [2.05, 4.69) is 0 Å². The molecule has 2 aromatic rings. The number of halogens is 1. The Morgan fingerprint density at radius 1 is 1.31 bits per heavy atom. The van der Waals surface area contributed by atoms with Crippen molar-refractivity contribution < 1.29 is 9.90 Å². The second-order valence-corrected chi connectivity index (χ2v) is 5.13. The summed E-state index contributed by atoms with van der Waals surface area (Å²) >= 11 is 7.45. The molecule has 1 aromatic heterocycles. The normalized spacial score (nSPS) is 10.4. The molecule has 1 heterocycles. The maximum atomic E-state index is 11.1. The summed E-state index contributed by atoms with van der Waals surface area (Å²) in [5.41, 5.74) is 0.962. The van der Waals surface area contributed by atoms with Crippen LogP contribution in [0.2, 0.25) is 5.02 Å². The lowest BCUT2D eigenvalue weighted by Gasteiger charge is -2.04. The summed E-state index contributed by atoms with van der Waals surface area (Å²) in [5.74, 6) is -0.933. The lowest BCUT2D eigenvalue weighted by atomic mass is 10.1. The fourth-order valence-electron chi connectivity index (χ4n) is 1.49. The summed E-state index contributed by atoms with van der Waals surface area (Å²) in [4.78, 5) is 13.1. The molecule has 2 rings (SSSR count). The highest BCUT2D eigenvalue weighted by Gasteiger charge is 2.13. The summed E-state index contributed by atoms with van der Waals surface area (Å²) in [5, 5.41) is 9.63. The van der Waals surface area contributed by atoms with Crippen molar-refractivity contribution in [3.8, 4) is 10.4 Å². The third kappa shape index (κ3) is 2.10. The molecule has 1 aromatic carbocycles. The predicted octanol–water partition coefficient (Wildman–Crippen LogP) is 4.08. The van der Waals surface area contributed by atoms with Crippen LogP contribution in [0.4, 0.5) is 0 Å². The molecule has 0 unspecified atom stereocenters. The third-order valence-corrected chi connectivity index (χ3v) is 3.49. The van der Waals surface area contributed by atoms with Crippen molar-refractivity contribution in [2.24, 2.45) is 0 Å². The van der Waals surface area contributed by atoms with Crippen molar-refractivity contribution in [3.63, 3.8) is 0 Å². The van der Waals surface area contributed by atoms with Crippen LogP contribution in [-0.2, 0) is 0 Å². The summed E-state index contributed by atoms with van der Waals surface area (Å²) < 4.78 is 0. The molecule has 82 valence electrons. The minimum absolute atomic E-state index is 0.284. The van der Waals surface area contributed by atoms with E-state index in [1.165, 1.54) is 6.07 Å². The van der Waals surface area contributed by atoms with Gasteiger partial charge in [0.05, 0.1) is 5.56 Å². The number of carboxylic acid groups (broad SMARTS) is 1. The maximum Gasteiger partial charge on any atom is 0.336 e. The highest BCUT2D eigenvalue weighted by Crippen LogP contribution is 2.32. The van der Waals surface area contributed by atoms with E-state index in [-0.39, 0.29) is 5.56 Å². The monoisotopic (exact) mass is 252 g/mol. The van der Waals surface area contributed by atoms with Gasteiger partial charge in [-0.25, -0.2) is 4.79 Å². The van der Waals surface area contributed by atoms with Crippen LogP contribution in [0.1, 0.15) is 15.2 Å². The molecule has 16 heavy (non-hydrogen) atoms. The number of aromatic carboxylic acids is 1. The summed E-state index contributed by atoms with van der Waals surface area (Å²) in [7, 11) is 0. The first-order valence-electron chi connectivity index (χ1n) is 4.67. The number of carbonyl (C=O) groups is 1. The van der Waals surface area contributed by atoms with Gasteiger partial charge in [0.25, 0.3) is 0 Å². The molecule has 0 amide bonds. The van der Waals surface area contributed by atoms with Crippen LogP contribution in [0, 0.1) is 6.92 Å². The van der Waals surface area contributed by atoms with Gasteiger partial charge >= 0.3 is 5.97 Å². The Kier molecular flexibility index (Phi) is 2.99. The molecule has 0 aliphatic rings. The molecule has 0 spiro atoms. The summed E-state index contributed by atoms with van der Waals surface area (Å²) in [6.45, 7) is 1.99. The fourth-order valence-corrected chi connectivity index (χ4v) is 2.56. The van der Waals surface area contributed by atoms with E-state index in [1.807, 2.05) is 19.1 Å². The van der Waals surface area contributed by atoms with Gasteiger partial charge < -0.3 is 5.11 Å². The highest BCUT2D eigenvalue weighted by molar-refractivity contribution is 7.15. The number of carboxylic acids is 1. The van der Waals surface area contributed by atoms with Gasteiger partial charge in [0.2, 0.25) is 0 Å². The van der Waals surface area contributed by atoms with Gasteiger partial charge in [-0.1, -0.05) is 11.6 Å². The smallest absolute Gasteiger partial charge is 0.336 e. The van der Waals surface area contributed by atoms with Crippen molar-refractivity contribution in [2.45, 2.75) is 6.92 Å². The number of hydrogen-bond donors (Lipinski definition) is 1. The summed E-state index contributed by atoms with van der Waals surface area (Å²) in [6.07, 6.45) is 0. The van der Waals surface area contributed by atoms with Crippen LogP contribution >= 0.6 is 22.9 Å². The molecule has 0 bridgehead atoms. The van der Waals surface area contributed by atoms with Gasteiger partial charge in [0, 0.05) is 20.3 Å². The van der Waals surface area contributed by atoms with Gasteiger partial charge in [-0.3, -0.25) is 0 Å². The number of thiophene rings is 1. The lowest BCUT2D eigenvalue weighted by molar-refractivity contribution is 0.0698. The first-order valence-corrected chi connectivity index (χ1v) is 5.87. The Morgan fingerprint density at radius 2 is 2.06 bits per heavy atom. The van der Waals surface area contributed by atoms with E-state index < -0.39 is 5.97 Å². The molecule has 0 radical (unpaired) electrons. The largest absolute Gasteiger partial charge is 0.478 e. The first kappa shape index (κ1) is 11.2. The van der Waals surface area contributed by atoms with Crippen LogP contribution in [0.15, 0.2) is 30.3 Å². The van der Waals surface area contributed by atoms with E-state index in [0.29, 0.717) is 10.6 Å². The Balaban J connectivity index is 2.62. The van der Waals surface area contributed by atoms with Gasteiger partial charge in [0.1, 0.15) is 0 Å². The second-order valence-electron chi connectivity index (χ2n) is 3.41. The van der Waals surface area contributed by atoms with Crippen molar-refractivity contribution >= 4 is 28.9 Å². The maximum absolute atomic E-state index is 11.1. The van der Waals surface area contributed by atoms with Gasteiger partial charge in [-0.05, 0) is 37.3 Å². The Hall–Kier alpha value is -1.32. The standard InChI is InChI=1S/C12H9ClO2S/c1-7-2-5-11(16-7)10-6-8(13)3-4-9(10)12(14)15/h2-6H,1H3,(H,14,15). The molecule has 0 fully saturated rings. The van der Waals surface area contributed by atoms with E-state index in [0.717, 1.165) is 9.75 Å². The first-order chi connectivity index (χ1) is 7.58. The van der Waals surface area contributed by atoms with E-state index in [4.69, 9.17) is 16.7 Å². The molecule has 0 saturated heterocycles. The lowest BCUT2D eigenvalue weighted by Crippen LogP contribution is -1.98. The van der Waals surface area contributed by atoms with Crippen molar-refractivity contribution in [3.05, 3.63) is 45.8 Å². The topological polar surface area (TPSA) is 37.3 Å². The van der Waals surface area contributed by atoms with Crippen LogP contribution in [0.5, 0.6) is 0 Å². The Bertz CT molecular complexity index is 546. The second kappa shape index (κ2) is 4.28. The number of hydrogen-bond acceptors (Lipinski definition) is 2. The summed E-state index contributed by atoms with van der Waals surface area (Å²) in [6, 6.07) is 8.70. The molecule has 0 aliphatic heterocycles. The van der Waals surface area contributed by atoms with Gasteiger partial charge in [-0.15, -0.1) is 11.3 Å². The zero-order valence-electron chi connectivity index (χ0n) is 8.53. The number of aryl methyl sites for hydroxylation is 1.